The van der Waals surface area contributed by atoms with Gasteiger partial charge in [0.1, 0.15) is 13.2 Å². The van der Waals surface area contributed by atoms with E-state index < -0.39 is 6.10 Å². The summed E-state index contributed by atoms with van der Waals surface area (Å²) in [6, 6.07) is 0. The van der Waals surface area contributed by atoms with Crippen LogP contribution in [0.1, 0.15) is 284 Å². The first-order valence-electron chi connectivity index (χ1n) is 28.3. The monoisotopic (exact) mass is 923 g/mol. The summed E-state index contributed by atoms with van der Waals surface area (Å²) in [6.07, 6.45) is 68.3. The summed E-state index contributed by atoms with van der Waals surface area (Å²) in [7, 11) is 0. The number of esters is 3. The Kier molecular flexibility index (Phi) is 52.3. The van der Waals surface area contributed by atoms with Crippen LogP contribution in [0.15, 0.2) is 60.8 Å². The number of rotatable bonds is 51. The van der Waals surface area contributed by atoms with Crippen LogP contribution in [0.2, 0.25) is 0 Å². The van der Waals surface area contributed by atoms with Crippen molar-refractivity contribution in [1.29, 1.82) is 0 Å². The Bertz CT molecular complexity index is 1200. The number of allylic oxidation sites excluding steroid dienone is 10. The van der Waals surface area contributed by atoms with E-state index in [0.717, 1.165) is 96.3 Å². The molecule has 0 bridgehead atoms. The molecule has 0 amide bonds. The molecular formula is C60H106O6. The quantitative estimate of drug-likeness (QED) is 0.0262. The van der Waals surface area contributed by atoms with Gasteiger partial charge >= 0.3 is 17.9 Å². The number of unbranched alkanes of at least 4 members (excludes halogenated alkanes) is 30. The highest BCUT2D eigenvalue weighted by Crippen LogP contribution is 2.16. The third-order valence-corrected chi connectivity index (χ3v) is 12.3. The summed E-state index contributed by atoms with van der Waals surface area (Å²) in [6.45, 7) is 6.46. The summed E-state index contributed by atoms with van der Waals surface area (Å²) in [5, 5.41) is 0. The zero-order valence-corrected chi connectivity index (χ0v) is 43.7. The van der Waals surface area contributed by atoms with E-state index in [9.17, 15) is 14.4 Å². The fourth-order valence-electron chi connectivity index (χ4n) is 8.06. The van der Waals surface area contributed by atoms with Crippen molar-refractivity contribution in [2.75, 3.05) is 13.2 Å². The first kappa shape index (κ1) is 63.1. The van der Waals surface area contributed by atoms with Crippen LogP contribution >= 0.6 is 0 Å². The molecule has 0 aliphatic rings. The highest BCUT2D eigenvalue weighted by molar-refractivity contribution is 5.71. The van der Waals surface area contributed by atoms with Crippen LogP contribution in [0.5, 0.6) is 0 Å². The normalized spacial score (nSPS) is 12.5. The second kappa shape index (κ2) is 54.7. The summed E-state index contributed by atoms with van der Waals surface area (Å²) in [5.41, 5.74) is 0. The maximum absolute atomic E-state index is 12.7. The lowest BCUT2D eigenvalue weighted by atomic mass is 10.0. The van der Waals surface area contributed by atoms with Gasteiger partial charge in [0.2, 0.25) is 0 Å². The second-order valence-electron chi connectivity index (χ2n) is 18.8. The topological polar surface area (TPSA) is 78.9 Å². The van der Waals surface area contributed by atoms with Crippen molar-refractivity contribution in [3.63, 3.8) is 0 Å². The van der Waals surface area contributed by atoms with Gasteiger partial charge in [-0.05, 0) is 64.2 Å². The van der Waals surface area contributed by atoms with Gasteiger partial charge in [-0.3, -0.25) is 14.4 Å². The highest BCUT2D eigenvalue weighted by atomic mass is 16.6. The molecule has 0 aromatic rings. The minimum absolute atomic E-state index is 0.0712. The summed E-state index contributed by atoms with van der Waals surface area (Å²) < 4.78 is 16.7. The van der Waals surface area contributed by atoms with E-state index >= 15 is 0 Å². The predicted octanol–water partition coefficient (Wildman–Crippen LogP) is 18.8. The van der Waals surface area contributed by atoms with Gasteiger partial charge in [-0.15, -0.1) is 0 Å². The van der Waals surface area contributed by atoms with E-state index in [1.807, 2.05) is 0 Å². The van der Waals surface area contributed by atoms with Gasteiger partial charge in [-0.2, -0.15) is 0 Å². The van der Waals surface area contributed by atoms with E-state index in [-0.39, 0.29) is 31.1 Å². The van der Waals surface area contributed by atoms with Crippen LogP contribution < -0.4 is 0 Å². The van der Waals surface area contributed by atoms with Crippen molar-refractivity contribution in [3.05, 3.63) is 60.8 Å². The van der Waals surface area contributed by atoms with E-state index in [1.54, 1.807) is 0 Å². The molecule has 0 N–H and O–H groups in total. The number of hydrogen-bond acceptors (Lipinski definition) is 6. The van der Waals surface area contributed by atoms with Crippen molar-refractivity contribution in [1.82, 2.24) is 0 Å². The molecule has 0 fully saturated rings. The first-order chi connectivity index (χ1) is 32.5. The fraction of sp³-hybridized carbons (Fsp3) is 0.783. The molecular weight excluding hydrogens is 817 g/mol. The van der Waals surface area contributed by atoms with Gasteiger partial charge in [0.05, 0.1) is 0 Å². The van der Waals surface area contributed by atoms with Gasteiger partial charge in [0, 0.05) is 19.3 Å². The SMILES string of the molecule is CC/C=C\C/C=C\C/C=C\C/C=C\C/C=C\CCCCCCCCCCCCCCCC(=O)OCC(COC(=O)CCCCCCC)OC(=O)CCCCCCCCCCCCCCCC. The molecule has 0 aliphatic heterocycles. The molecule has 0 heterocycles. The maximum atomic E-state index is 12.7. The van der Waals surface area contributed by atoms with Crippen molar-refractivity contribution < 1.29 is 28.6 Å². The molecule has 0 saturated heterocycles. The molecule has 0 rings (SSSR count). The zero-order valence-electron chi connectivity index (χ0n) is 43.7. The third kappa shape index (κ3) is 52.1. The van der Waals surface area contributed by atoms with Crippen LogP contribution in [-0.2, 0) is 28.6 Å². The molecule has 1 atom stereocenters. The third-order valence-electron chi connectivity index (χ3n) is 12.3. The van der Waals surface area contributed by atoms with E-state index in [1.165, 1.54) is 148 Å². The molecule has 0 radical (unpaired) electrons. The summed E-state index contributed by atoms with van der Waals surface area (Å²) >= 11 is 0. The minimum atomic E-state index is -0.766. The Hall–Kier alpha value is -2.89. The summed E-state index contributed by atoms with van der Waals surface area (Å²) in [4.78, 5) is 37.7. The Morgan fingerprint density at radius 1 is 0.318 bits per heavy atom. The van der Waals surface area contributed by atoms with Crippen LogP contribution in [-0.4, -0.2) is 37.2 Å². The predicted molar refractivity (Wildman–Crippen MR) is 284 cm³/mol. The van der Waals surface area contributed by atoms with Gasteiger partial charge in [0.15, 0.2) is 6.10 Å². The Morgan fingerprint density at radius 2 is 0.591 bits per heavy atom. The lowest BCUT2D eigenvalue weighted by Gasteiger charge is -2.18. The van der Waals surface area contributed by atoms with Gasteiger partial charge in [-0.25, -0.2) is 0 Å². The van der Waals surface area contributed by atoms with Crippen molar-refractivity contribution >= 4 is 17.9 Å². The standard InChI is InChI=1S/C60H106O6/c1-4-7-10-13-15-17-19-21-23-24-25-26-27-28-29-30-31-32-33-34-35-36-37-39-40-42-44-47-50-53-59(62)65-56-57(55-64-58(61)52-49-46-12-9-6-3)66-60(63)54-51-48-45-43-41-38-22-20-18-16-14-11-8-5-2/h7,10,15,17,21,23,25-26,28-29,57H,4-6,8-9,11-14,16,18-20,22,24,27,30-56H2,1-3H3/b10-7-,17-15-,23-21-,26-25-,29-28-. The largest absolute Gasteiger partial charge is 0.462 e. The highest BCUT2D eigenvalue weighted by Gasteiger charge is 2.19. The van der Waals surface area contributed by atoms with Crippen molar-refractivity contribution in [2.24, 2.45) is 0 Å². The first-order valence-corrected chi connectivity index (χ1v) is 28.3. The number of hydrogen-bond donors (Lipinski definition) is 0. The smallest absolute Gasteiger partial charge is 0.306 e. The molecule has 0 spiro atoms. The molecule has 0 aliphatic carbocycles. The van der Waals surface area contributed by atoms with E-state index in [2.05, 4.69) is 81.5 Å². The number of carbonyl (C=O) groups is 3. The number of carbonyl (C=O) groups excluding carboxylic acids is 3. The molecule has 0 saturated carbocycles. The molecule has 66 heavy (non-hydrogen) atoms. The average molecular weight is 924 g/mol. The molecule has 6 heteroatoms. The second-order valence-corrected chi connectivity index (χ2v) is 18.8. The maximum Gasteiger partial charge on any atom is 0.306 e. The Morgan fingerprint density at radius 3 is 0.924 bits per heavy atom. The Balaban J connectivity index is 4.00. The van der Waals surface area contributed by atoms with Gasteiger partial charge < -0.3 is 14.2 Å². The molecule has 0 aromatic heterocycles. The van der Waals surface area contributed by atoms with Gasteiger partial charge in [0.25, 0.3) is 0 Å². The molecule has 1 unspecified atom stereocenters. The summed E-state index contributed by atoms with van der Waals surface area (Å²) in [5.74, 6) is -0.876. The fourth-order valence-corrected chi connectivity index (χ4v) is 8.06. The average Bonchev–Trinajstić information content (AvgIpc) is 3.31. The lowest BCUT2D eigenvalue weighted by Crippen LogP contribution is -2.30. The van der Waals surface area contributed by atoms with E-state index in [4.69, 9.17) is 14.2 Å². The van der Waals surface area contributed by atoms with Crippen molar-refractivity contribution in [2.45, 2.75) is 290 Å². The molecule has 0 aromatic carbocycles. The van der Waals surface area contributed by atoms with Crippen LogP contribution in [0.3, 0.4) is 0 Å². The number of ether oxygens (including phenoxy) is 3. The van der Waals surface area contributed by atoms with Crippen LogP contribution in [0.4, 0.5) is 0 Å². The van der Waals surface area contributed by atoms with Crippen LogP contribution in [0, 0.1) is 0 Å². The molecule has 382 valence electrons. The van der Waals surface area contributed by atoms with Crippen molar-refractivity contribution in [3.8, 4) is 0 Å². The minimum Gasteiger partial charge on any atom is -0.462 e. The van der Waals surface area contributed by atoms with Crippen LogP contribution in [0.25, 0.3) is 0 Å². The zero-order chi connectivity index (χ0) is 47.9. The molecule has 6 nitrogen and oxygen atoms in total. The Labute approximate surface area is 409 Å². The lowest BCUT2D eigenvalue weighted by molar-refractivity contribution is -0.167. The van der Waals surface area contributed by atoms with E-state index in [0.29, 0.717) is 19.3 Å². The van der Waals surface area contributed by atoms with Gasteiger partial charge in [-0.1, -0.05) is 261 Å².